The Kier molecular flexibility index (Phi) is 5.93. The zero-order valence-electron chi connectivity index (χ0n) is 16.3. The third kappa shape index (κ3) is 4.14. The lowest BCUT2D eigenvalue weighted by Crippen LogP contribution is -2.27. The van der Waals surface area contributed by atoms with E-state index < -0.39 is 5.97 Å². The van der Waals surface area contributed by atoms with Crippen molar-refractivity contribution in [1.29, 1.82) is 0 Å². The van der Waals surface area contributed by atoms with Crippen molar-refractivity contribution >= 4 is 11.9 Å². The predicted octanol–water partition coefficient (Wildman–Crippen LogP) is 2.64. The Bertz CT molecular complexity index is 973. The highest BCUT2D eigenvalue weighted by Crippen LogP contribution is 2.18. The van der Waals surface area contributed by atoms with E-state index in [2.05, 4.69) is 32.0 Å². The molecule has 2 N–H and O–H groups in total. The van der Waals surface area contributed by atoms with Gasteiger partial charge in [-0.25, -0.2) is 9.78 Å². The van der Waals surface area contributed by atoms with Crippen molar-refractivity contribution in [2.45, 2.75) is 26.8 Å². The molecule has 0 saturated carbocycles. The lowest BCUT2D eigenvalue weighted by Gasteiger charge is -2.09. The summed E-state index contributed by atoms with van der Waals surface area (Å²) in [6, 6.07) is 10.1. The van der Waals surface area contributed by atoms with Gasteiger partial charge in [0.15, 0.2) is 0 Å². The minimum Gasteiger partial charge on any atom is -0.465 e. The van der Waals surface area contributed by atoms with E-state index in [1.165, 1.54) is 12.7 Å². The molecule has 0 unspecified atom stereocenters. The molecule has 3 aromatic rings. The number of amides is 1. The van der Waals surface area contributed by atoms with Gasteiger partial charge in [0, 0.05) is 37.6 Å². The van der Waals surface area contributed by atoms with Crippen LogP contribution < -0.4 is 5.32 Å². The molecule has 146 valence electrons. The number of nitrogens with zero attached hydrogens (tertiary/aromatic N) is 2. The number of aromatic nitrogens is 3. The number of methoxy groups -OCH3 is 1. The van der Waals surface area contributed by atoms with E-state index in [9.17, 15) is 9.59 Å². The summed E-state index contributed by atoms with van der Waals surface area (Å²) in [5, 5.41) is 2.89. The number of carbonyl (C=O) groups is 2. The van der Waals surface area contributed by atoms with Crippen molar-refractivity contribution in [1.82, 2.24) is 19.9 Å². The molecule has 0 radical (unpaired) electrons. The van der Waals surface area contributed by atoms with E-state index in [4.69, 9.17) is 4.74 Å². The highest BCUT2D eigenvalue weighted by atomic mass is 16.5. The molecule has 0 aliphatic carbocycles. The summed E-state index contributed by atoms with van der Waals surface area (Å²) < 4.78 is 6.85. The Labute approximate surface area is 163 Å². The summed E-state index contributed by atoms with van der Waals surface area (Å²) in [6.45, 7) is 4.66. The quantitative estimate of drug-likeness (QED) is 0.617. The fourth-order valence-corrected chi connectivity index (χ4v) is 3.25. The average molecular weight is 380 g/mol. The summed E-state index contributed by atoms with van der Waals surface area (Å²) >= 11 is 0. The number of nitrogens with one attached hydrogen (secondary N) is 2. The van der Waals surface area contributed by atoms with Crippen LogP contribution in [0.5, 0.6) is 0 Å². The zero-order valence-corrected chi connectivity index (χ0v) is 16.3. The standard InChI is InChI=1S/C21H24N4O3/c1-14-18(21(27)28-3)15(2)24-19(14)20(26)23-10-9-17-22-11-12-25(17)13-16-7-5-4-6-8-16/h4-8,11-12,24H,9-10,13H2,1-3H3,(H,23,26). The third-order valence-corrected chi connectivity index (χ3v) is 4.69. The number of carbonyl (C=O) groups excluding carboxylic acids is 2. The molecule has 1 amide bonds. The zero-order chi connectivity index (χ0) is 20.1. The van der Waals surface area contributed by atoms with E-state index in [-0.39, 0.29) is 5.91 Å². The second-order valence-electron chi connectivity index (χ2n) is 6.58. The summed E-state index contributed by atoms with van der Waals surface area (Å²) in [5.41, 5.74) is 3.19. The molecule has 3 rings (SSSR count). The molecule has 0 aliphatic heterocycles. The largest absolute Gasteiger partial charge is 0.465 e. The summed E-state index contributed by atoms with van der Waals surface area (Å²) in [6.07, 6.45) is 4.31. The lowest BCUT2D eigenvalue weighted by molar-refractivity contribution is 0.0599. The molecule has 0 spiro atoms. The van der Waals surface area contributed by atoms with Crippen molar-refractivity contribution in [3.63, 3.8) is 0 Å². The maximum absolute atomic E-state index is 12.5. The first-order chi connectivity index (χ1) is 13.5. The number of imidazole rings is 1. The number of esters is 1. The first kappa shape index (κ1) is 19.4. The van der Waals surface area contributed by atoms with Gasteiger partial charge in [0.2, 0.25) is 0 Å². The molecule has 0 atom stereocenters. The van der Waals surface area contributed by atoms with Gasteiger partial charge in [-0.3, -0.25) is 4.79 Å². The van der Waals surface area contributed by atoms with Gasteiger partial charge in [0.1, 0.15) is 11.5 Å². The Morgan fingerprint density at radius 3 is 2.68 bits per heavy atom. The number of hydrogen-bond donors (Lipinski definition) is 2. The summed E-state index contributed by atoms with van der Waals surface area (Å²) in [7, 11) is 1.32. The molecule has 2 aromatic heterocycles. The molecule has 7 nitrogen and oxygen atoms in total. The molecule has 1 aromatic carbocycles. The molecular weight excluding hydrogens is 356 g/mol. The van der Waals surface area contributed by atoms with Crippen LogP contribution >= 0.6 is 0 Å². The van der Waals surface area contributed by atoms with Crippen molar-refractivity contribution in [2.75, 3.05) is 13.7 Å². The maximum Gasteiger partial charge on any atom is 0.339 e. The first-order valence-corrected chi connectivity index (χ1v) is 9.11. The SMILES string of the molecule is COC(=O)c1c(C)[nH]c(C(=O)NCCc2nccn2Cc2ccccc2)c1C. The van der Waals surface area contributed by atoms with E-state index in [0.29, 0.717) is 35.5 Å². The summed E-state index contributed by atoms with van der Waals surface area (Å²) in [5.74, 6) is 0.198. The predicted molar refractivity (Wildman–Crippen MR) is 105 cm³/mol. The lowest BCUT2D eigenvalue weighted by atomic mass is 10.1. The second kappa shape index (κ2) is 8.56. The van der Waals surface area contributed by atoms with Crippen LogP contribution in [-0.4, -0.2) is 40.1 Å². The van der Waals surface area contributed by atoms with Crippen LogP contribution in [0.2, 0.25) is 0 Å². The molecule has 0 aliphatic rings. The van der Waals surface area contributed by atoms with Gasteiger partial charge in [0.25, 0.3) is 5.91 Å². The Morgan fingerprint density at radius 2 is 1.96 bits per heavy atom. The molecule has 0 fully saturated rings. The van der Waals surface area contributed by atoms with Crippen LogP contribution in [0.3, 0.4) is 0 Å². The number of rotatable bonds is 7. The van der Waals surface area contributed by atoms with E-state index >= 15 is 0 Å². The van der Waals surface area contributed by atoms with Gasteiger partial charge in [-0.2, -0.15) is 0 Å². The second-order valence-corrected chi connectivity index (χ2v) is 6.58. The average Bonchev–Trinajstić information content (AvgIpc) is 3.25. The topological polar surface area (TPSA) is 89.0 Å². The number of H-pyrrole nitrogens is 1. The maximum atomic E-state index is 12.5. The van der Waals surface area contributed by atoms with Gasteiger partial charge in [-0.05, 0) is 25.0 Å². The molecule has 7 heteroatoms. The first-order valence-electron chi connectivity index (χ1n) is 9.11. The molecule has 0 saturated heterocycles. The van der Waals surface area contributed by atoms with Crippen LogP contribution in [0.1, 0.15) is 43.5 Å². The fraction of sp³-hybridized carbons (Fsp3) is 0.286. The van der Waals surface area contributed by atoms with Crippen molar-refractivity contribution < 1.29 is 14.3 Å². The molecular formula is C21H24N4O3. The fourth-order valence-electron chi connectivity index (χ4n) is 3.25. The number of aromatic amines is 1. The van der Waals surface area contributed by atoms with Gasteiger partial charge in [-0.1, -0.05) is 30.3 Å². The summed E-state index contributed by atoms with van der Waals surface area (Å²) in [4.78, 5) is 31.8. The third-order valence-electron chi connectivity index (χ3n) is 4.69. The minimum absolute atomic E-state index is 0.253. The van der Waals surface area contributed by atoms with E-state index in [1.807, 2.05) is 24.4 Å². The number of aryl methyl sites for hydroxylation is 1. The van der Waals surface area contributed by atoms with E-state index in [1.54, 1.807) is 20.0 Å². The van der Waals surface area contributed by atoms with Crippen LogP contribution in [-0.2, 0) is 17.7 Å². The van der Waals surface area contributed by atoms with Crippen LogP contribution in [0, 0.1) is 13.8 Å². The Hall–Kier alpha value is -3.35. The highest BCUT2D eigenvalue weighted by Gasteiger charge is 2.22. The Morgan fingerprint density at radius 1 is 1.21 bits per heavy atom. The van der Waals surface area contributed by atoms with Gasteiger partial charge in [0.05, 0.1) is 12.7 Å². The van der Waals surface area contributed by atoms with Crippen LogP contribution in [0.25, 0.3) is 0 Å². The highest BCUT2D eigenvalue weighted by molar-refractivity contribution is 6.00. The number of ether oxygens (including phenoxy) is 1. The van der Waals surface area contributed by atoms with Gasteiger partial charge in [-0.15, -0.1) is 0 Å². The van der Waals surface area contributed by atoms with Crippen LogP contribution in [0.4, 0.5) is 0 Å². The smallest absolute Gasteiger partial charge is 0.339 e. The van der Waals surface area contributed by atoms with Crippen molar-refractivity contribution in [3.8, 4) is 0 Å². The monoisotopic (exact) mass is 380 g/mol. The van der Waals surface area contributed by atoms with Crippen molar-refractivity contribution in [2.24, 2.45) is 0 Å². The molecule has 2 heterocycles. The Balaban J connectivity index is 1.61. The molecule has 28 heavy (non-hydrogen) atoms. The number of benzene rings is 1. The van der Waals surface area contributed by atoms with Gasteiger partial charge >= 0.3 is 5.97 Å². The van der Waals surface area contributed by atoms with Crippen LogP contribution in [0.15, 0.2) is 42.7 Å². The normalized spacial score (nSPS) is 10.7. The molecule has 0 bridgehead atoms. The van der Waals surface area contributed by atoms with E-state index in [0.717, 1.165) is 12.4 Å². The van der Waals surface area contributed by atoms with Crippen molar-refractivity contribution in [3.05, 3.63) is 76.6 Å². The minimum atomic E-state index is -0.451. The van der Waals surface area contributed by atoms with Gasteiger partial charge < -0.3 is 19.6 Å². The number of hydrogen-bond acceptors (Lipinski definition) is 4.